The molecule has 0 amide bonds. The molecule has 8 N–H and O–H groups in total. The number of carboxylic acid groups (broad SMARTS) is 1. The van der Waals surface area contributed by atoms with E-state index in [0.29, 0.717) is 17.7 Å². The molecule has 0 fully saturated rings. The number of hydrazone groups is 1. The van der Waals surface area contributed by atoms with Crippen LogP contribution < -0.4 is 15.6 Å². The number of aromatic nitrogens is 3. The number of phosphoric ester groups is 1. The van der Waals surface area contributed by atoms with Gasteiger partial charge in [0.15, 0.2) is 9.84 Å². The van der Waals surface area contributed by atoms with Crippen molar-refractivity contribution in [3.8, 4) is 5.75 Å². The number of amidine groups is 1. The fraction of sp³-hybridized carbons (Fsp3) is 0.147. The number of aryl methyl sites for hydroxylation is 1. The van der Waals surface area contributed by atoms with Gasteiger partial charge in [-0.3, -0.25) is 14.5 Å². The number of rotatable bonds is 19. The second-order valence-corrected chi connectivity index (χ2v) is 17.7. The van der Waals surface area contributed by atoms with E-state index in [1.54, 1.807) is 43.3 Å². The minimum atomic E-state index is -5.14. The predicted octanol–water partition coefficient (Wildman–Crippen LogP) is 5.60. The first-order valence-corrected chi connectivity index (χ1v) is 22.6. The van der Waals surface area contributed by atoms with E-state index in [9.17, 15) is 41.0 Å². The summed E-state index contributed by atoms with van der Waals surface area (Å²) >= 11 is 0.545. The van der Waals surface area contributed by atoms with Crippen LogP contribution in [0.2, 0.25) is 0 Å². The Morgan fingerprint density at radius 2 is 1.71 bits per heavy atom. The van der Waals surface area contributed by atoms with Gasteiger partial charge in [-0.2, -0.15) is 28.5 Å². The lowest BCUT2D eigenvalue weighted by atomic mass is 10.2. The second-order valence-electron chi connectivity index (χ2n) is 12.2. The van der Waals surface area contributed by atoms with Crippen molar-refractivity contribution >= 4 is 86.3 Å². The Bertz CT molecular complexity index is 2780. The number of phenols is 1. The summed E-state index contributed by atoms with van der Waals surface area (Å²) in [4.78, 5) is 43.4. The van der Waals surface area contributed by atoms with Crippen molar-refractivity contribution in [3.63, 3.8) is 0 Å². The Balaban J connectivity index is 1.47. The molecule has 0 aliphatic heterocycles. The van der Waals surface area contributed by atoms with Crippen molar-refractivity contribution in [2.45, 2.75) is 28.5 Å². The maximum absolute atomic E-state index is 12.9. The molecule has 1 aromatic heterocycles. The molecule has 0 aliphatic carbocycles. The van der Waals surface area contributed by atoms with Crippen LogP contribution in [0.25, 0.3) is 0 Å². The number of hydrogen-bond acceptors (Lipinski definition) is 20. The van der Waals surface area contributed by atoms with Crippen LogP contribution in [-0.2, 0) is 38.4 Å². The molecule has 0 radical (unpaired) electrons. The Morgan fingerprint density at radius 3 is 2.37 bits per heavy atom. The molecule has 4 aromatic carbocycles. The lowest BCUT2D eigenvalue weighted by molar-refractivity contribution is -0.432. The Hall–Kier alpha value is -5.97. The fourth-order valence-electron chi connectivity index (χ4n) is 5.26. The van der Waals surface area contributed by atoms with Gasteiger partial charge in [0.1, 0.15) is 22.2 Å². The second kappa shape index (κ2) is 20.3. The van der Waals surface area contributed by atoms with Crippen LogP contribution in [0.15, 0.2) is 115 Å². The molecule has 62 heavy (non-hydrogen) atoms. The van der Waals surface area contributed by atoms with Crippen molar-refractivity contribution in [1.29, 1.82) is 0 Å². The summed E-state index contributed by atoms with van der Waals surface area (Å²) in [6.07, 6.45) is 0. The molecule has 5 rings (SSSR count). The van der Waals surface area contributed by atoms with E-state index in [0.717, 1.165) is 12.1 Å². The molecule has 0 saturated heterocycles. The number of anilines is 5. The van der Waals surface area contributed by atoms with Crippen LogP contribution in [-0.4, -0.2) is 92.3 Å². The number of carboxylic acids is 1. The molecule has 328 valence electrons. The van der Waals surface area contributed by atoms with Crippen molar-refractivity contribution in [1.82, 2.24) is 15.0 Å². The lowest BCUT2D eigenvalue weighted by Crippen LogP contribution is -2.21. The van der Waals surface area contributed by atoms with E-state index < -0.39 is 62.4 Å². The Morgan fingerprint density at radius 1 is 0.968 bits per heavy atom. The van der Waals surface area contributed by atoms with Gasteiger partial charge in [-0.25, -0.2) is 23.0 Å². The molecular formula is C34H34N9O15PS3. The van der Waals surface area contributed by atoms with Crippen LogP contribution in [0.4, 0.5) is 34.6 Å². The van der Waals surface area contributed by atoms with Crippen LogP contribution >= 0.6 is 19.9 Å². The van der Waals surface area contributed by atoms with Crippen LogP contribution in [0.1, 0.15) is 28.7 Å². The van der Waals surface area contributed by atoms with E-state index in [1.807, 2.05) is 0 Å². The zero-order valence-electron chi connectivity index (χ0n) is 31.9. The van der Waals surface area contributed by atoms with Crippen LogP contribution in [0.3, 0.4) is 0 Å². The molecule has 0 aliphatic rings. The SMILES string of the molecule is CCN(c1cccc(S(=O)(=O)CCOP(=O)(O)O)c1)c1nc(C)nc(Nc2cc(O)c(N=N/C(=N\Nc3cc(SOOO)ccc3C(=O)O)c3ccccc3)c(S(=O)(=O)O)c2)n1. The smallest absolute Gasteiger partial charge is 0.469 e. The normalized spacial score (nSPS) is 12.4. The summed E-state index contributed by atoms with van der Waals surface area (Å²) in [7, 11) is -14.1. The maximum Gasteiger partial charge on any atom is 0.469 e. The van der Waals surface area contributed by atoms with Gasteiger partial charge in [0.05, 0.1) is 40.5 Å². The average molecular weight is 936 g/mol. The van der Waals surface area contributed by atoms with Gasteiger partial charge in [0, 0.05) is 34.4 Å². The van der Waals surface area contributed by atoms with E-state index in [1.165, 1.54) is 48.2 Å². The quantitative estimate of drug-likeness (QED) is 0.00729. The molecule has 1 heterocycles. The number of nitrogens with zero attached hydrogens (tertiary/aromatic N) is 7. The number of nitrogens with one attached hydrogen (secondary N) is 2. The standard InChI is InChI=1S/C34H34N9O15PS3/c1-3-43(23-10-7-11-25(18-23)61(51,52)15-14-56-59(48,49)50)34-36-20(2)35-33(38-34)37-22-16-28(44)30(29(17-22)62(53,54)55)40-42-31(21-8-5-4-6-9-21)41-39-27-19-24(60-58-57-47)12-13-26(27)32(45)46/h4-13,16-19,39,44,47H,3,14-15H2,1-2H3,(H,45,46)(H2,48,49,50)(H,53,54,55)(H,35,36,37,38)/b41-31-,42-40?. The maximum atomic E-state index is 12.9. The third-order valence-electron chi connectivity index (χ3n) is 7.92. The molecule has 0 atom stereocenters. The number of carbonyl (C=O) groups is 1. The number of sulfone groups is 1. The van der Waals surface area contributed by atoms with Crippen LogP contribution in [0.5, 0.6) is 5.75 Å². The largest absolute Gasteiger partial charge is 0.505 e. The molecular weight excluding hydrogens is 902 g/mol. The van der Waals surface area contributed by atoms with Gasteiger partial charge in [-0.15, -0.1) is 14.6 Å². The molecule has 0 bridgehead atoms. The number of aromatic carboxylic acids is 1. The highest BCUT2D eigenvalue weighted by Gasteiger charge is 2.24. The number of aromatic hydroxyl groups is 1. The van der Waals surface area contributed by atoms with Crippen molar-refractivity contribution in [3.05, 3.63) is 102 Å². The first kappa shape index (κ1) is 47.1. The predicted molar refractivity (Wildman–Crippen MR) is 220 cm³/mol. The van der Waals surface area contributed by atoms with Gasteiger partial charge in [-0.1, -0.05) is 41.4 Å². The summed E-state index contributed by atoms with van der Waals surface area (Å²) < 4.78 is 81.2. The molecule has 28 heteroatoms. The van der Waals surface area contributed by atoms with Crippen molar-refractivity contribution in [2.24, 2.45) is 15.3 Å². The zero-order chi connectivity index (χ0) is 45.2. The monoisotopic (exact) mass is 935 g/mol. The van der Waals surface area contributed by atoms with E-state index in [-0.39, 0.29) is 62.4 Å². The highest BCUT2D eigenvalue weighted by atomic mass is 32.2. The highest BCUT2D eigenvalue weighted by molar-refractivity contribution is 7.94. The Kier molecular flexibility index (Phi) is 15.4. The topological polar surface area (TPSA) is 355 Å². The van der Waals surface area contributed by atoms with E-state index in [2.05, 4.69) is 54.9 Å². The van der Waals surface area contributed by atoms with E-state index >= 15 is 0 Å². The number of hydrogen-bond donors (Lipinski definition) is 8. The number of azo groups is 1. The number of phosphoric acid groups is 1. The average Bonchev–Trinajstić information content (AvgIpc) is 3.20. The molecule has 0 saturated carbocycles. The summed E-state index contributed by atoms with van der Waals surface area (Å²) in [5, 5.41) is 47.7. The summed E-state index contributed by atoms with van der Waals surface area (Å²) in [6.45, 7) is 2.65. The zero-order valence-corrected chi connectivity index (χ0v) is 35.2. The van der Waals surface area contributed by atoms with Gasteiger partial charge < -0.3 is 30.2 Å². The van der Waals surface area contributed by atoms with Crippen molar-refractivity contribution in [2.75, 3.05) is 34.5 Å². The molecule has 0 unspecified atom stereocenters. The minimum absolute atomic E-state index is 0.00123. The minimum Gasteiger partial charge on any atom is -0.505 e. The summed E-state index contributed by atoms with van der Waals surface area (Å²) in [6, 6.07) is 19.4. The van der Waals surface area contributed by atoms with Crippen molar-refractivity contribution < 1.29 is 69.9 Å². The first-order valence-electron chi connectivity index (χ1n) is 17.3. The molecule has 5 aromatic rings. The van der Waals surface area contributed by atoms with Gasteiger partial charge in [0.2, 0.25) is 17.7 Å². The molecule has 0 spiro atoms. The van der Waals surface area contributed by atoms with Gasteiger partial charge in [-0.05, 0) is 56.3 Å². The fourth-order valence-corrected chi connectivity index (χ4v) is 7.90. The molecule has 24 nitrogen and oxygen atoms in total. The third kappa shape index (κ3) is 12.8. The summed E-state index contributed by atoms with van der Waals surface area (Å²) in [5.74, 6) is -3.15. The van der Waals surface area contributed by atoms with Crippen LogP contribution in [0, 0.1) is 6.92 Å². The number of phenolic OH excluding ortho intramolecular Hbond substituents is 1. The van der Waals surface area contributed by atoms with Gasteiger partial charge in [0.25, 0.3) is 10.1 Å². The Labute approximate surface area is 356 Å². The number of benzene rings is 4. The highest BCUT2D eigenvalue weighted by Crippen LogP contribution is 2.39. The van der Waals surface area contributed by atoms with Gasteiger partial charge >= 0.3 is 13.8 Å². The lowest BCUT2D eigenvalue weighted by Gasteiger charge is -2.22. The summed E-state index contributed by atoms with van der Waals surface area (Å²) in [5.41, 5.74) is 1.95. The third-order valence-corrected chi connectivity index (χ3v) is 11.6. The van der Waals surface area contributed by atoms with E-state index in [4.69, 9.17) is 15.0 Å². The first-order chi connectivity index (χ1) is 29.3.